The molecule has 132 valence electrons. The molecule has 1 aromatic heterocycles. The number of nitrogens with zero attached hydrogens (tertiary/aromatic N) is 4. The number of methoxy groups -OCH3 is 1. The molecular formula is C16H24N4O4. The molecule has 2 N–H and O–H groups in total. The fraction of sp³-hybridized carbons (Fsp3) is 0.688. The summed E-state index contributed by atoms with van der Waals surface area (Å²) in [6.45, 7) is 0. The third-order valence-corrected chi connectivity index (χ3v) is 5.14. The zero-order valence-electron chi connectivity index (χ0n) is 14.2. The van der Waals surface area contributed by atoms with Crippen LogP contribution in [0.3, 0.4) is 0 Å². The minimum Gasteiger partial charge on any atom is -0.465 e. The monoisotopic (exact) mass is 336 g/mol. The molecule has 2 saturated carbocycles. The molecule has 0 atom stereocenters. The Bertz CT molecular complexity index is 572. The SMILES string of the molecule is COC(=O)c1c(N(C)C2CC(O)C2)ncnc1N(C)C1CC(O)C1. The van der Waals surface area contributed by atoms with Crippen LogP contribution in [0.25, 0.3) is 0 Å². The molecule has 0 aliphatic heterocycles. The van der Waals surface area contributed by atoms with E-state index in [0.717, 1.165) is 0 Å². The van der Waals surface area contributed by atoms with Crippen molar-refractivity contribution in [2.45, 2.75) is 50.0 Å². The van der Waals surface area contributed by atoms with Crippen molar-refractivity contribution in [3.63, 3.8) is 0 Å². The van der Waals surface area contributed by atoms with Gasteiger partial charge in [0, 0.05) is 26.2 Å². The Morgan fingerprint density at radius 1 is 1.04 bits per heavy atom. The molecule has 2 fully saturated rings. The van der Waals surface area contributed by atoms with Gasteiger partial charge in [0.1, 0.15) is 23.5 Å². The summed E-state index contributed by atoms with van der Waals surface area (Å²) in [4.78, 5) is 24.8. The van der Waals surface area contributed by atoms with E-state index in [1.165, 1.54) is 13.4 Å². The molecule has 0 unspecified atom stereocenters. The Morgan fingerprint density at radius 2 is 1.46 bits per heavy atom. The first-order chi connectivity index (χ1) is 11.4. The van der Waals surface area contributed by atoms with Crippen molar-refractivity contribution in [1.82, 2.24) is 9.97 Å². The number of ether oxygens (including phenoxy) is 1. The van der Waals surface area contributed by atoms with Gasteiger partial charge >= 0.3 is 5.97 Å². The summed E-state index contributed by atoms with van der Waals surface area (Å²) in [6.07, 6.45) is 3.47. The van der Waals surface area contributed by atoms with Crippen LogP contribution in [-0.4, -0.2) is 71.6 Å². The summed E-state index contributed by atoms with van der Waals surface area (Å²) >= 11 is 0. The van der Waals surface area contributed by atoms with E-state index in [4.69, 9.17) is 4.74 Å². The van der Waals surface area contributed by atoms with Crippen molar-refractivity contribution in [2.24, 2.45) is 0 Å². The Kier molecular flexibility index (Phi) is 4.60. The predicted molar refractivity (Wildman–Crippen MR) is 88.2 cm³/mol. The fourth-order valence-corrected chi connectivity index (χ4v) is 3.28. The summed E-state index contributed by atoms with van der Waals surface area (Å²) in [5, 5.41) is 19.1. The molecule has 0 amide bonds. The molecule has 0 radical (unpaired) electrons. The van der Waals surface area contributed by atoms with Gasteiger partial charge < -0.3 is 24.7 Å². The van der Waals surface area contributed by atoms with Crippen LogP contribution in [0.2, 0.25) is 0 Å². The summed E-state index contributed by atoms with van der Waals surface area (Å²) in [5.41, 5.74) is 0.327. The minimum absolute atomic E-state index is 0.141. The first kappa shape index (κ1) is 16.9. The van der Waals surface area contributed by atoms with Gasteiger partial charge in [-0.3, -0.25) is 0 Å². The van der Waals surface area contributed by atoms with E-state index < -0.39 is 5.97 Å². The molecule has 2 aliphatic carbocycles. The third kappa shape index (κ3) is 2.91. The van der Waals surface area contributed by atoms with Crippen LogP contribution in [0.15, 0.2) is 6.33 Å². The number of carbonyl (C=O) groups excluding carboxylic acids is 1. The average Bonchev–Trinajstić information content (AvgIpc) is 2.53. The van der Waals surface area contributed by atoms with E-state index in [0.29, 0.717) is 42.9 Å². The first-order valence-electron chi connectivity index (χ1n) is 8.17. The lowest BCUT2D eigenvalue weighted by Crippen LogP contribution is -2.47. The van der Waals surface area contributed by atoms with Gasteiger partial charge in [0.2, 0.25) is 0 Å². The molecule has 0 aromatic carbocycles. The Morgan fingerprint density at radius 3 is 1.79 bits per heavy atom. The highest BCUT2D eigenvalue weighted by molar-refractivity contribution is 6.00. The van der Waals surface area contributed by atoms with Gasteiger partial charge in [-0.15, -0.1) is 0 Å². The van der Waals surface area contributed by atoms with Gasteiger partial charge in [0.25, 0.3) is 0 Å². The smallest absolute Gasteiger partial charge is 0.345 e. The molecular weight excluding hydrogens is 312 g/mol. The third-order valence-electron chi connectivity index (χ3n) is 5.14. The topological polar surface area (TPSA) is 99.0 Å². The maximum absolute atomic E-state index is 12.4. The zero-order chi connectivity index (χ0) is 17.4. The number of hydrogen-bond donors (Lipinski definition) is 2. The number of carbonyl (C=O) groups is 1. The Labute approximate surface area is 141 Å². The standard InChI is InChI=1S/C16H24N4O4/c1-19(9-4-11(21)5-9)14-13(16(23)24-3)15(18-8-17-14)20(2)10-6-12(22)7-10/h8-12,21-22H,4-7H2,1-3H3. The maximum Gasteiger partial charge on any atom is 0.345 e. The van der Waals surface area contributed by atoms with Crippen molar-refractivity contribution in [1.29, 1.82) is 0 Å². The van der Waals surface area contributed by atoms with E-state index in [1.54, 1.807) is 0 Å². The number of anilines is 2. The molecule has 0 spiro atoms. The molecule has 0 bridgehead atoms. The van der Waals surface area contributed by atoms with E-state index in [-0.39, 0.29) is 24.3 Å². The summed E-state index contributed by atoms with van der Waals surface area (Å²) in [7, 11) is 5.06. The Hall–Kier alpha value is -1.93. The molecule has 0 saturated heterocycles. The fourth-order valence-electron chi connectivity index (χ4n) is 3.28. The number of esters is 1. The lowest BCUT2D eigenvalue weighted by molar-refractivity contribution is 0.0597. The van der Waals surface area contributed by atoms with Crippen molar-refractivity contribution in [2.75, 3.05) is 31.0 Å². The van der Waals surface area contributed by atoms with Crippen molar-refractivity contribution in [3.8, 4) is 0 Å². The molecule has 1 aromatic rings. The van der Waals surface area contributed by atoms with E-state index in [2.05, 4.69) is 9.97 Å². The van der Waals surface area contributed by atoms with Gasteiger partial charge in [0.15, 0.2) is 0 Å². The molecule has 2 aliphatic rings. The average molecular weight is 336 g/mol. The number of aliphatic hydroxyl groups is 2. The summed E-state index contributed by atoms with van der Waals surface area (Å²) < 4.78 is 4.95. The lowest BCUT2D eigenvalue weighted by atomic mass is 9.87. The number of aliphatic hydroxyl groups excluding tert-OH is 2. The highest BCUT2D eigenvalue weighted by atomic mass is 16.5. The molecule has 24 heavy (non-hydrogen) atoms. The van der Waals surface area contributed by atoms with Crippen LogP contribution in [0.5, 0.6) is 0 Å². The van der Waals surface area contributed by atoms with Crippen LogP contribution in [0.4, 0.5) is 11.6 Å². The molecule has 3 rings (SSSR count). The van der Waals surface area contributed by atoms with Crippen LogP contribution in [0, 0.1) is 0 Å². The number of aromatic nitrogens is 2. The molecule has 8 nitrogen and oxygen atoms in total. The van der Waals surface area contributed by atoms with Gasteiger partial charge in [-0.25, -0.2) is 14.8 Å². The number of hydrogen-bond acceptors (Lipinski definition) is 8. The first-order valence-corrected chi connectivity index (χ1v) is 8.17. The predicted octanol–water partition coefficient (Wildman–Crippen LogP) is 0.182. The van der Waals surface area contributed by atoms with E-state index in [9.17, 15) is 15.0 Å². The lowest BCUT2D eigenvalue weighted by Gasteiger charge is -2.41. The summed E-state index contributed by atoms with van der Waals surface area (Å²) in [6, 6.07) is 0.281. The van der Waals surface area contributed by atoms with E-state index in [1.807, 2.05) is 23.9 Å². The van der Waals surface area contributed by atoms with Crippen LogP contribution in [0.1, 0.15) is 36.0 Å². The van der Waals surface area contributed by atoms with Crippen molar-refractivity contribution >= 4 is 17.6 Å². The quantitative estimate of drug-likeness (QED) is 0.735. The second kappa shape index (κ2) is 6.52. The van der Waals surface area contributed by atoms with Gasteiger partial charge in [-0.05, 0) is 25.7 Å². The van der Waals surface area contributed by atoms with E-state index >= 15 is 0 Å². The van der Waals surface area contributed by atoms with Crippen LogP contribution >= 0.6 is 0 Å². The summed E-state index contributed by atoms with van der Waals surface area (Å²) in [5.74, 6) is 0.532. The highest BCUT2D eigenvalue weighted by Gasteiger charge is 2.37. The molecule has 1 heterocycles. The zero-order valence-corrected chi connectivity index (χ0v) is 14.2. The minimum atomic E-state index is -0.487. The van der Waals surface area contributed by atoms with Crippen molar-refractivity contribution in [3.05, 3.63) is 11.9 Å². The highest BCUT2D eigenvalue weighted by Crippen LogP contribution is 2.35. The second-order valence-corrected chi connectivity index (χ2v) is 6.67. The van der Waals surface area contributed by atoms with Gasteiger partial charge in [-0.1, -0.05) is 0 Å². The van der Waals surface area contributed by atoms with Crippen LogP contribution < -0.4 is 9.80 Å². The second-order valence-electron chi connectivity index (χ2n) is 6.67. The van der Waals surface area contributed by atoms with Gasteiger partial charge in [0.05, 0.1) is 19.3 Å². The Balaban J connectivity index is 1.93. The maximum atomic E-state index is 12.4. The molecule has 8 heteroatoms. The number of rotatable bonds is 5. The van der Waals surface area contributed by atoms with Crippen molar-refractivity contribution < 1.29 is 19.7 Å². The largest absolute Gasteiger partial charge is 0.465 e. The van der Waals surface area contributed by atoms with Crippen LogP contribution in [-0.2, 0) is 4.74 Å². The van der Waals surface area contributed by atoms with Gasteiger partial charge in [-0.2, -0.15) is 0 Å². The normalized spacial score (nSPS) is 28.5.